The summed E-state index contributed by atoms with van der Waals surface area (Å²) in [6, 6.07) is 0. The molecule has 1 amide bonds. The van der Waals surface area contributed by atoms with Crippen LogP contribution in [0.3, 0.4) is 0 Å². The van der Waals surface area contributed by atoms with Gasteiger partial charge in [0.1, 0.15) is 13.9 Å². The van der Waals surface area contributed by atoms with Gasteiger partial charge in [-0.3, -0.25) is 4.79 Å². The molecule has 1 heterocycles. The van der Waals surface area contributed by atoms with Gasteiger partial charge >= 0.3 is 0 Å². The van der Waals surface area contributed by atoms with Gasteiger partial charge in [-0.05, 0) is 45.2 Å². The molecular formula is C8H7I2N3O. The fraction of sp³-hybridized carbons (Fsp3) is 0.250. The molecule has 1 N–H and O–H groups in total. The van der Waals surface area contributed by atoms with Crippen molar-refractivity contribution in [1.82, 2.24) is 14.9 Å². The zero-order valence-corrected chi connectivity index (χ0v) is 11.4. The molecule has 0 aliphatic carbocycles. The van der Waals surface area contributed by atoms with Crippen LogP contribution in [0.5, 0.6) is 0 Å². The average molecular weight is 415 g/mol. The van der Waals surface area contributed by atoms with Crippen LogP contribution in [0.25, 0.3) is 0 Å². The highest BCUT2D eigenvalue weighted by molar-refractivity contribution is 14.1. The van der Waals surface area contributed by atoms with Crippen molar-refractivity contribution in [1.29, 1.82) is 0 Å². The van der Waals surface area contributed by atoms with E-state index in [0.717, 1.165) is 7.40 Å². The van der Waals surface area contributed by atoms with Crippen molar-refractivity contribution in [2.24, 2.45) is 0 Å². The van der Waals surface area contributed by atoms with Crippen LogP contribution in [0.15, 0.2) is 6.33 Å². The number of hydrogen-bond donors (Lipinski definition) is 1. The fourth-order valence-electron chi connectivity index (χ4n) is 0.813. The number of aromatic nitrogens is 2. The van der Waals surface area contributed by atoms with Gasteiger partial charge in [-0.25, -0.2) is 4.98 Å². The van der Waals surface area contributed by atoms with Crippen LogP contribution in [0.4, 0.5) is 0 Å². The molecule has 0 saturated heterocycles. The Labute approximate surface area is 109 Å². The number of nitrogens with zero attached hydrogens (tertiary/aromatic N) is 2. The Morgan fingerprint density at radius 3 is 2.93 bits per heavy atom. The second kappa shape index (κ2) is 5.55. The molecule has 0 fully saturated rings. The van der Waals surface area contributed by atoms with E-state index in [0.29, 0.717) is 0 Å². The number of rotatable bonds is 3. The highest BCUT2D eigenvalue weighted by Gasteiger charge is 2.07. The number of nitrogens with one attached hydrogen (secondary N) is 1. The standard InChI is InChI=1S/C8H7I2N3O/c1-2-3-11-6(14)4-13-5-12-7(9)8(13)10/h1,5H,3-4H2,(H,11,14). The second-order valence-electron chi connectivity index (χ2n) is 2.43. The van der Waals surface area contributed by atoms with Crippen LogP contribution in [0.1, 0.15) is 0 Å². The summed E-state index contributed by atoms with van der Waals surface area (Å²) < 4.78 is 3.63. The zero-order valence-electron chi connectivity index (χ0n) is 7.13. The molecule has 1 rings (SSSR count). The summed E-state index contributed by atoms with van der Waals surface area (Å²) in [6.07, 6.45) is 6.66. The van der Waals surface area contributed by atoms with Gasteiger partial charge in [0.05, 0.1) is 12.9 Å². The maximum Gasteiger partial charge on any atom is 0.240 e. The van der Waals surface area contributed by atoms with Gasteiger partial charge < -0.3 is 9.88 Å². The van der Waals surface area contributed by atoms with E-state index < -0.39 is 0 Å². The van der Waals surface area contributed by atoms with E-state index in [-0.39, 0.29) is 19.0 Å². The summed E-state index contributed by atoms with van der Waals surface area (Å²) in [7, 11) is 0. The first-order valence-electron chi connectivity index (χ1n) is 3.71. The van der Waals surface area contributed by atoms with Crippen molar-refractivity contribution in [2.75, 3.05) is 6.54 Å². The molecule has 0 spiro atoms. The molecule has 0 aliphatic rings. The Morgan fingerprint density at radius 2 is 2.43 bits per heavy atom. The van der Waals surface area contributed by atoms with Gasteiger partial charge in [0.25, 0.3) is 0 Å². The van der Waals surface area contributed by atoms with E-state index in [1.165, 1.54) is 0 Å². The maximum absolute atomic E-state index is 11.3. The summed E-state index contributed by atoms with van der Waals surface area (Å²) in [5.41, 5.74) is 0. The minimum Gasteiger partial charge on any atom is -0.344 e. The van der Waals surface area contributed by atoms with Crippen LogP contribution < -0.4 is 5.32 Å². The van der Waals surface area contributed by atoms with Crippen molar-refractivity contribution < 1.29 is 4.79 Å². The van der Waals surface area contributed by atoms with E-state index in [4.69, 9.17) is 6.42 Å². The number of hydrogen-bond acceptors (Lipinski definition) is 2. The van der Waals surface area contributed by atoms with E-state index in [9.17, 15) is 4.79 Å². The third-order valence-electron chi connectivity index (χ3n) is 1.43. The molecule has 74 valence electrons. The third kappa shape index (κ3) is 3.13. The van der Waals surface area contributed by atoms with Crippen LogP contribution >= 0.6 is 45.2 Å². The largest absolute Gasteiger partial charge is 0.344 e. The fourth-order valence-corrected chi connectivity index (χ4v) is 1.68. The maximum atomic E-state index is 11.3. The van der Waals surface area contributed by atoms with E-state index in [1.807, 2.05) is 0 Å². The number of carbonyl (C=O) groups excluding carboxylic acids is 1. The number of halogens is 2. The molecular weight excluding hydrogens is 408 g/mol. The first-order chi connectivity index (χ1) is 6.65. The lowest BCUT2D eigenvalue weighted by Gasteiger charge is -2.03. The molecule has 4 nitrogen and oxygen atoms in total. The van der Waals surface area contributed by atoms with Crippen molar-refractivity contribution in [3.8, 4) is 12.3 Å². The van der Waals surface area contributed by atoms with E-state index in [2.05, 4.69) is 61.4 Å². The number of amides is 1. The predicted molar refractivity (Wildman–Crippen MR) is 69.5 cm³/mol. The van der Waals surface area contributed by atoms with Gasteiger partial charge in [-0.1, -0.05) is 5.92 Å². The monoisotopic (exact) mass is 415 g/mol. The molecule has 0 saturated carbocycles. The molecule has 0 radical (unpaired) electrons. The second-order valence-corrected chi connectivity index (χ2v) is 4.48. The molecule has 6 heteroatoms. The molecule has 1 aromatic rings. The summed E-state index contributed by atoms with van der Waals surface area (Å²) in [5.74, 6) is 2.24. The van der Waals surface area contributed by atoms with Crippen molar-refractivity contribution in [3.63, 3.8) is 0 Å². The lowest BCUT2D eigenvalue weighted by molar-refractivity contribution is -0.121. The lowest BCUT2D eigenvalue weighted by Crippen LogP contribution is -2.27. The Kier molecular flexibility index (Phi) is 4.67. The number of terminal acetylenes is 1. The SMILES string of the molecule is C#CCNC(=O)Cn1cnc(I)c1I. The highest BCUT2D eigenvalue weighted by Crippen LogP contribution is 2.12. The summed E-state index contributed by atoms with van der Waals surface area (Å²) in [5, 5.41) is 2.59. The molecule has 1 aromatic heterocycles. The highest BCUT2D eigenvalue weighted by atomic mass is 127. The minimum absolute atomic E-state index is 0.102. The van der Waals surface area contributed by atoms with Crippen LogP contribution in [0, 0.1) is 19.7 Å². The molecule has 0 bridgehead atoms. The van der Waals surface area contributed by atoms with Crippen molar-refractivity contribution in [2.45, 2.75) is 6.54 Å². The molecule has 0 atom stereocenters. The Hall–Kier alpha value is -0.300. The molecule has 0 unspecified atom stereocenters. The summed E-state index contributed by atoms with van der Waals surface area (Å²) in [4.78, 5) is 15.3. The Morgan fingerprint density at radius 1 is 1.71 bits per heavy atom. The van der Waals surface area contributed by atoms with Crippen LogP contribution in [-0.2, 0) is 11.3 Å². The predicted octanol–water partition coefficient (Wildman–Crippen LogP) is 0.842. The first-order valence-corrected chi connectivity index (χ1v) is 5.87. The normalized spacial score (nSPS) is 9.50. The number of imidazole rings is 1. The van der Waals surface area contributed by atoms with E-state index >= 15 is 0 Å². The summed E-state index contributed by atoms with van der Waals surface area (Å²) in [6.45, 7) is 0.525. The summed E-state index contributed by atoms with van der Waals surface area (Å²) >= 11 is 4.26. The lowest BCUT2D eigenvalue weighted by atomic mass is 10.5. The van der Waals surface area contributed by atoms with Gasteiger partial charge in [0.2, 0.25) is 5.91 Å². The smallest absolute Gasteiger partial charge is 0.240 e. The third-order valence-corrected chi connectivity index (χ3v) is 4.39. The van der Waals surface area contributed by atoms with Gasteiger partial charge in [-0.15, -0.1) is 6.42 Å². The van der Waals surface area contributed by atoms with Crippen LogP contribution in [0.2, 0.25) is 0 Å². The first kappa shape index (κ1) is 11.8. The van der Waals surface area contributed by atoms with Gasteiger partial charge in [0.15, 0.2) is 0 Å². The van der Waals surface area contributed by atoms with Crippen molar-refractivity contribution >= 4 is 51.1 Å². The quantitative estimate of drug-likeness (QED) is 0.588. The van der Waals surface area contributed by atoms with Gasteiger partial charge in [0, 0.05) is 0 Å². The number of carbonyl (C=O) groups is 1. The topological polar surface area (TPSA) is 46.9 Å². The zero-order chi connectivity index (χ0) is 10.6. The Balaban J connectivity index is 2.57. The Bertz CT molecular complexity index is 380. The van der Waals surface area contributed by atoms with Gasteiger partial charge in [-0.2, -0.15) is 0 Å². The molecule has 0 aliphatic heterocycles. The average Bonchev–Trinajstić information content (AvgIpc) is 2.46. The van der Waals surface area contributed by atoms with Crippen LogP contribution in [-0.4, -0.2) is 22.0 Å². The molecule has 14 heavy (non-hydrogen) atoms. The van der Waals surface area contributed by atoms with E-state index in [1.54, 1.807) is 10.9 Å². The van der Waals surface area contributed by atoms with Crippen molar-refractivity contribution in [3.05, 3.63) is 13.7 Å². The molecule has 0 aromatic carbocycles. The minimum atomic E-state index is -0.102.